The molecule has 0 radical (unpaired) electrons. The van der Waals surface area contributed by atoms with Crippen molar-refractivity contribution >= 4 is 34.5 Å². The van der Waals surface area contributed by atoms with E-state index >= 15 is 0 Å². The minimum atomic E-state index is -0.530. The molecule has 35 heavy (non-hydrogen) atoms. The van der Waals surface area contributed by atoms with Crippen LogP contribution in [0.25, 0.3) is 33.4 Å². The molecule has 0 atom stereocenters. The van der Waals surface area contributed by atoms with Crippen LogP contribution in [0.3, 0.4) is 0 Å². The van der Waals surface area contributed by atoms with Gasteiger partial charge in [-0.25, -0.2) is 4.79 Å². The van der Waals surface area contributed by atoms with Gasteiger partial charge in [0.05, 0.1) is 47.2 Å². The van der Waals surface area contributed by atoms with E-state index in [1.54, 1.807) is 37.8 Å². The number of nitrogens with one attached hydrogen (secondary N) is 1. The molecule has 0 saturated heterocycles. The SMILES string of the molecule is C=CC(=O)N(C)CCOc1cnccc1-c1[nH]c2cccnc2c1-c1ccc(Cl)c(C(=O)OC)c1. The molecule has 0 saturated carbocycles. The summed E-state index contributed by atoms with van der Waals surface area (Å²) in [4.78, 5) is 37.8. The fraction of sp³-hybridized carbons (Fsp3) is 0.154. The third kappa shape index (κ3) is 4.88. The number of pyridine rings is 2. The fourth-order valence-electron chi connectivity index (χ4n) is 3.71. The summed E-state index contributed by atoms with van der Waals surface area (Å²) in [7, 11) is 2.99. The molecule has 0 unspecified atom stereocenters. The van der Waals surface area contributed by atoms with Gasteiger partial charge in [0.15, 0.2) is 0 Å². The summed E-state index contributed by atoms with van der Waals surface area (Å²) in [6.07, 6.45) is 6.25. The lowest BCUT2D eigenvalue weighted by Crippen LogP contribution is -2.29. The van der Waals surface area contributed by atoms with E-state index in [1.165, 1.54) is 18.1 Å². The number of aromatic amines is 1. The standard InChI is InChI=1S/C26H23ClN4O4/c1-4-22(32)31(2)12-13-35-21-15-28-11-9-17(21)24-23(25-20(30-24)6-5-10-29-25)16-7-8-19(27)18(14-16)26(33)34-3/h4-11,14-15,30H,1,12-13H2,2-3H3. The molecule has 3 aromatic heterocycles. The Morgan fingerprint density at radius 3 is 2.83 bits per heavy atom. The van der Waals surface area contributed by atoms with Crippen molar-refractivity contribution in [2.24, 2.45) is 0 Å². The molecule has 8 nitrogen and oxygen atoms in total. The number of carbonyl (C=O) groups excluding carboxylic acids is 2. The maximum Gasteiger partial charge on any atom is 0.339 e. The van der Waals surface area contributed by atoms with Gasteiger partial charge in [0.2, 0.25) is 5.91 Å². The Labute approximate surface area is 207 Å². The topological polar surface area (TPSA) is 97.4 Å². The van der Waals surface area contributed by atoms with Crippen molar-refractivity contribution in [3.05, 3.63) is 78.2 Å². The quantitative estimate of drug-likeness (QED) is 0.282. The highest BCUT2D eigenvalue weighted by Gasteiger charge is 2.21. The van der Waals surface area contributed by atoms with Crippen LogP contribution in [0.4, 0.5) is 0 Å². The van der Waals surface area contributed by atoms with E-state index in [-0.39, 0.29) is 18.1 Å². The van der Waals surface area contributed by atoms with Crippen molar-refractivity contribution in [1.29, 1.82) is 0 Å². The van der Waals surface area contributed by atoms with Gasteiger partial charge in [0.1, 0.15) is 12.4 Å². The average molecular weight is 491 g/mol. The van der Waals surface area contributed by atoms with Gasteiger partial charge in [-0.05, 0) is 42.0 Å². The molecular weight excluding hydrogens is 468 g/mol. The molecule has 1 amide bonds. The molecule has 0 aliphatic rings. The second kappa shape index (κ2) is 10.4. The first-order valence-electron chi connectivity index (χ1n) is 10.7. The largest absolute Gasteiger partial charge is 0.489 e. The minimum Gasteiger partial charge on any atom is -0.489 e. The number of hydrogen-bond donors (Lipinski definition) is 1. The van der Waals surface area contributed by atoms with Crippen LogP contribution in [0.2, 0.25) is 5.02 Å². The second-order valence-corrected chi connectivity index (χ2v) is 8.05. The minimum absolute atomic E-state index is 0.187. The number of benzene rings is 1. The highest BCUT2D eigenvalue weighted by molar-refractivity contribution is 6.33. The smallest absolute Gasteiger partial charge is 0.339 e. The number of amides is 1. The van der Waals surface area contributed by atoms with E-state index in [2.05, 4.69) is 21.5 Å². The summed E-state index contributed by atoms with van der Waals surface area (Å²) in [6.45, 7) is 4.13. The molecule has 0 fully saturated rings. The summed E-state index contributed by atoms with van der Waals surface area (Å²) in [5, 5.41) is 0.293. The molecule has 0 aliphatic carbocycles. The van der Waals surface area contributed by atoms with Crippen LogP contribution >= 0.6 is 11.6 Å². The Hall–Kier alpha value is -4.17. The van der Waals surface area contributed by atoms with Gasteiger partial charge in [-0.3, -0.25) is 14.8 Å². The van der Waals surface area contributed by atoms with Gasteiger partial charge in [-0.1, -0.05) is 24.2 Å². The van der Waals surface area contributed by atoms with Gasteiger partial charge in [-0.15, -0.1) is 0 Å². The van der Waals surface area contributed by atoms with E-state index < -0.39 is 5.97 Å². The van der Waals surface area contributed by atoms with E-state index in [0.717, 1.165) is 33.4 Å². The summed E-state index contributed by atoms with van der Waals surface area (Å²) in [5.74, 6) is -0.188. The molecule has 1 aromatic carbocycles. The maximum absolute atomic E-state index is 12.3. The Morgan fingerprint density at radius 1 is 1.23 bits per heavy atom. The zero-order valence-corrected chi connectivity index (χ0v) is 20.0. The average Bonchev–Trinajstić information content (AvgIpc) is 3.27. The number of likely N-dealkylation sites (N-methyl/N-ethyl adjacent to an activating group) is 1. The third-order valence-corrected chi connectivity index (χ3v) is 5.83. The first-order valence-corrected chi connectivity index (χ1v) is 11.1. The molecule has 0 bridgehead atoms. The molecule has 3 heterocycles. The second-order valence-electron chi connectivity index (χ2n) is 7.64. The summed E-state index contributed by atoms with van der Waals surface area (Å²) in [6, 6.07) is 10.8. The van der Waals surface area contributed by atoms with E-state index in [0.29, 0.717) is 17.3 Å². The predicted molar refractivity (Wildman–Crippen MR) is 134 cm³/mol. The summed E-state index contributed by atoms with van der Waals surface area (Å²) in [5.41, 5.74) is 4.78. The van der Waals surface area contributed by atoms with E-state index in [9.17, 15) is 9.59 Å². The number of carbonyl (C=O) groups is 2. The molecule has 0 aliphatic heterocycles. The van der Waals surface area contributed by atoms with Crippen molar-refractivity contribution in [1.82, 2.24) is 19.9 Å². The Bertz CT molecular complexity index is 1420. The van der Waals surface area contributed by atoms with Gasteiger partial charge in [-0.2, -0.15) is 0 Å². The number of ether oxygens (including phenoxy) is 2. The fourth-order valence-corrected chi connectivity index (χ4v) is 3.91. The molecule has 0 spiro atoms. The van der Waals surface area contributed by atoms with Gasteiger partial charge in [0, 0.05) is 30.6 Å². The van der Waals surface area contributed by atoms with Crippen LogP contribution in [0.5, 0.6) is 5.75 Å². The van der Waals surface area contributed by atoms with Crippen molar-refractivity contribution in [2.45, 2.75) is 0 Å². The summed E-state index contributed by atoms with van der Waals surface area (Å²) >= 11 is 6.26. The number of halogens is 1. The number of fused-ring (bicyclic) bond motifs is 1. The lowest BCUT2D eigenvalue weighted by atomic mass is 9.98. The lowest BCUT2D eigenvalue weighted by molar-refractivity contribution is -0.125. The number of H-pyrrole nitrogens is 1. The van der Waals surface area contributed by atoms with Crippen LogP contribution in [0.15, 0.2) is 67.6 Å². The van der Waals surface area contributed by atoms with E-state index in [4.69, 9.17) is 21.1 Å². The molecule has 9 heteroatoms. The van der Waals surface area contributed by atoms with Crippen molar-refractivity contribution in [2.75, 3.05) is 27.3 Å². The van der Waals surface area contributed by atoms with Gasteiger partial charge in [0.25, 0.3) is 0 Å². The lowest BCUT2D eigenvalue weighted by Gasteiger charge is -2.17. The molecule has 4 rings (SSSR count). The van der Waals surface area contributed by atoms with Crippen LogP contribution in [-0.4, -0.2) is 59.0 Å². The van der Waals surface area contributed by atoms with Crippen LogP contribution in [-0.2, 0) is 9.53 Å². The number of hydrogen-bond acceptors (Lipinski definition) is 6. The maximum atomic E-state index is 12.3. The number of aromatic nitrogens is 3. The van der Waals surface area contributed by atoms with Gasteiger partial charge >= 0.3 is 5.97 Å². The summed E-state index contributed by atoms with van der Waals surface area (Å²) < 4.78 is 10.9. The zero-order chi connectivity index (χ0) is 24.9. The Morgan fingerprint density at radius 2 is 2.06 bits per heavy atom. The van der Waals surface area contributed by atoms with E-state index in [1.807, 2.05) is 24.3 Å². The number of rotatable bonds is 8. The first kappa shape index (κ1) is 24.0. The van der Waals surface area contributed by atoms with Crippen molar-refractivity contribution < 1.29 is 19.1 Å². The number of methoxy groups -OCH3 is 1. The monoisotopic (exact) mass is 490 g/mol. The van der Waals surface area contributed by atoms with Crippen LogP contribution in [0.1, 0.15) is 10.4 Å². The highest BCUT2D eigenvalue weighted by Crippen LogP contribution is 2.41. The first-order chi connectivity index (χ1) is 16.9. The number of nitrogens with zero attached hydrogens (tertiary/aromatic N) is 3. The molecule has 178 valence electrons. The normalized spacial score (nSPS) is 10.7. The zero-order valence-electron chi connectivity index (χ0n) is 19.2. The predicted octanol–water partition coefficient (Wildman–Crippen LogP) is 4.76. The number of esters is 1. The van der Waals surface area contributed by atoms with Crippen LogP contribution in [0, 0.1) is 0 Å². The molecule has 4 aromatic rings. The van der Waals surface area contributed by atoms with Crippen molar-refractivity contribution in [3.63, 3.8) is 0 Å². The van der Waals surface area contributed by atoms with Crippen LogP contribution < -0.4 is 4.74 Å². The highest BCUT2D eigenvalue weighted by atomic mass is 35.5. The third-order valence-electron chi connectivity index (χ3n) is 5.50. The van der Waals surface area contributed by atoms with Crippen molar-refractivity contribution in [3.8, 4) is 28.1 Å². The molecule has 1 N–H and O–H groups in total. The van der Waals surface area contributed by atoms with Gasteiger partial charge < -0.3 is 19.4 Å². The molecular formula is C26H23ClN4O4. The Kier molecular flexibility index (Phi) is 7.12. The Balaban J connectivity index is 1.80.